The van der Waals surface area contributed by atoms with Crippen LogP contribution in [-0.4, -0.2) is 47.2 Å². The van der Waals surface area contributed by atoms with E-state index in [1.165, 1.54) is 30.1 Å². The molecule has 0 unspecified atom stereocenters. The predicted molar refractivity (Wildman–Crippen MR) is 68.0 cm³/mol. The van der Waals surface area contributed by atoms with Gasteiger partial charge in [0.05, 0.1) is 18.6 Å². The summed E-state index contributed by atoms with van der Waals surface area (Å²) in [6, 6.07) is 4.14. The number of phenols is 2. The van der Waals surface area contributed by atoms with E-state index >= 15 is 0 Å². The SMILES string of the molecule is CCOC(=O)CCN(C)C(=O)c1cccc(O)c1O. The van der Waals surface area contributed by atoms with E-state index in [-0.39, 0.29) is 30.2 Å². The molecule has 19 heavy (non-hydrogen) atoms. The summed E-state index contributed by atoms with van der Waals surface area (Å²) in [5, 5.41) is 18.9. The molecule has 0 aliphatic heterocycles. The first kappa shape index (κ1) is 14.8. The molecule has 6 heteroatoms. The molecule has 0 saturated carbocycles. The van der Waals surface area contributed by atoms with Crippen molar-refractivity contribution < 1.29 is 24.5 Å². The third kappa shape index (κ3) is 3.87. The van der Waals surface area contributed by atoms with Crippen LogP contribution < -0.4 is 0 Å². The second-order valence-electron chi connectivity index (χ2n) is 3.96. The minimum Gasteiger partial charge on any atom is -0.504 e. The van der Waals surface area contributed by atoms with Crippen LogP contribution in [0.5, 0.6) is 11.5 Å². The van der Waals surface area contributed by atoms with Gasteiger partial charge in [-0.25, -0.2) is 0 Å². The number of amides is 1. The molecule has 0 heterocycles. The first-order valence-corrected chi connectivity index (χ1v) is 5.89. The number of nitrogens with zero attached hydrogens (tertiary/aromatic N) is 1. The number of hydrogen-bond donors (Lipinski definition) is 2. The highest BCUT2D eigenvalue weighted by Crippen LogP contribution is 2.28. The third-order valence-corrected chi connectivity index (χ3v) is 2.55. The normalized spacial score (nSPS) is 10.0. The molecule has 104 valence electrons. The van der Waals surface area contributed by atoms with E-state index in [9.17, 15) is 19.8 Å². The maximum atomic E-state index is 12.0. The molecule has 1 rings (SSSR count). The summed E-state index contributed by atoms with van der Waals surface area (Å²) in [5.74, 6) is -1.68. The summed E-state index contributed by atoms with van der Waals surface area (Å²) >= 11 is 0. The third-order valence-electron chi connectivity index (χ3n) is 2.55. The summed E-state index contributed by atoms with van der Waals surface area (Å²) in [7, 11) is 1.51. The second-order valence-corrected chi connectivity index (χ2v) is 3.96. The fourth-order valence-corrected chi connectivity index (χ4v) is 1.50. The maximum Gasteiger partial charge on any atom is 0.307 e. The van der Waals surface area contributed by atoms with Gasteiger partial charge in [-0.3, -0.25) is 9.59 Å². The number of phenolic OH excluding ortho intramolecular Hbond substituents is 2. The van der Waals surface area contributed by atoms with Gasteiger partial charge in [-0.15, -0.1) is 0 Å². The zero-order valence-electron chi connectivity index (χ0n) is 10.9. The number of para-hydroxylation sites is 1. The second kappa shape index (κ2) is 6.63. The van der Waals surface area contributed by atoms with Gasteiger partial charge < -0.3 is 19.8 Å². The van der Waals surface area contributed by atoms with E-state index in [2.05, 4.69) is 0 Å². The van der Waals surface area contributed by atoms with Crippen LogP contribution in [0, 0.1) is 0 Å². The first-order chi connectivity index (χ1) is 8.97. The largest absolute Gasteiger partial charge is 0.504 e. The number of carbonyl (C=O) groups is 2. The predicted octanol–water partition coefficient (Wildman–Crippen LogP) is 1.12. The Hall–Kier alpha value is -2.24. The van der Waals surface area contributed by atoms with Crippen molar-refractivity contribution in [2.75, 3.05) is 20.2 Å². The number of benzene rings is 1. The molecule has 1 aromatic rings. The van der Waals surface area contributed by atoms with Crippen molar-refractivity contribution in [3.63, 3.8) is 0 Å². The molecule has 2 N–H and O–H groups in total. The van der Waals surface area contributed by atoms with Crippen LogP contribution in [0.4, 0.5) is 0 Å². The van der Waals surface area contributed by atoms with Gasteiger partial charge in [0.1, 0.15) is 0 Å². The smallest absolute Gasteiger partial charge is 0.307 e. The van der Waals surface area contributed by atoms with Crippen molar-refractivity contribution in [3.8, 4) is 11.5 Å². The van der Waals surface area contributed by atoms with Crippen LogP contribution in [-0.2, 0) is 9.53 Å². The number of hydrogen-bond acceptors (Lipinski definition) is 5. The van der Waals surface area contributed by atoms with Crippen molar-refractivity contribution in [3.05, 3.63) is 23.8 Å². The number of aromatic hydroxyl groups is 2. The van der Waals surface area contributed by atoms with Crippen LogP contribution >= 0.6 is 0 Å². The Balaban J connectivity index is 2.67. The number of ether oxygens (including phenoxy) is 1. The highest BCUT2D eigenvalue weighted by molar-refractivity contribution is 5.97. The Labute approximate surface area is 111 Å². The summed E-state index contributed by atoms with van der Waals surface area (Å²) in [6.07, 6.45) is 0.0790. The molecule has 0 aromatic heterocycles. The van der Waals surface area contributed by atoms with Gasteiger partial charge in [-0.2, -0.15) is 0 Å². The van der Waals surface area contributed by atoms with Gasteiger partial charge in [0.25, 0.3) is 5.91 Å². The van der Waals surface area contributed by atoms with Gasteiger partial charge in [0, 0.05) is 13.6 Å². The van der Waals surface area contributed by atoms with Gasteiger partial charge in [0.15, 0.2) is 11.5 Å². The lowest BCUT2D eigenvalue weighted by atomic mass is 10.1. The van der Waals surface area contributed by atoms with E-state index in [0.29, 0.717) is 6.61 Å². The molecule has 0 aliphatic carbocycles. The molecule has 0 bridgehead atoms. The summed E-state index contributed by atoms with van der Waals surface area (Å²) in [6.45, 7) is 2.17. The van der Waals surface area contributed by atoms with Crippen LogP contribution in [0.15, 0.2) is 18.2 Å². The Kier molecular flexibility index (Phi) is 5.17. The lowest BCUT2D eigenvalue weighted by Crippen LogP contribution is -2.29. The minimum atomic E-state index is -0.474. The van der Waals surface area contributed by atoms with E-state index in [4.69, 9.17) is 4.74 Å². The van der Waals surface area contributed by atoms with E-state index < -0.39 is 11.7 Å². The van der Waals surface area contributed by atoms with Crippen LogP contribution in [0.3, 0.4) is 0 Å². The van der Waals surface area contributed by atoms with Crippen molar-refractivity contribution in [1.29, 1.82) is 0 Å². The molecule has 6 nitrogen and oxygen atoms in total. The monoisotopic (exact) mass is 267 g/mol. The molecule has 1 aromatic carbocycles. The van der Waals surface area contributed by atoms with Gasteiger partial charge in [-0.05, 0) is 19.1 Å². The van der Waals surface area contributed by atoms with Gasteiger partial charge >= 0.3 is 5.97 Å². The number of rotatable bonds is 5. The number of carbonyl (C=O) groups excluding carboxylic acids is 2. The van der Waals surface area contributed by atoms with E-state index in [1.807, 2.05) is 0 Å². The van der Waals surface area contributed by atoms with Crippen molar-refractivity contribution in [1.82, 2.24) is 4.90 Å². The lowest BCUT2D eigenvalue weighted by molar-refractivity contribution is -0.143. The molecule has 0 spiro atoms. The van der Waals surface area contributed by atoms with Crippen LogP contribution in [0.1, 0.15) is 23.7 Å². The molecule has 0 radical (unpaired) electrons. The van der Waals surface area contributed by atoms with E-state index in [1.54, 1.807) is 6.92 Å². The average molecular weight is 267 g/mol. The van der Waals surface area contributed by atoms with Crippen LogP contribution in [0.2, 0.25) is 0 Å². The topological polar surface area (TPSA) is 87.1 Å². The zero-order valence-corrected chi connectivity index (χ0v) is 10.9. The number of esters is 1. The summed E-state index contributed by atoms with van der Waals surface area (Å²) < 4.78 is 4.75. The molecule has 0 aliphatic rings. The summed E-state index contributed by atoms with van der Waals surface area (Å²) in [5.41, 5.74) is -0.00800. The Morgan fingerprint density at radius 1 is 1.32 bits per heavy atom. The Morgan fingerprint density at radius 2 is 2.00 bits per heavy atom. The van der Waals surface area contributed by atoms with Crippen molar-refractivity contribution in [2.45, 2.75) is 13.3 Å². The fraction of sp³-hybridized carbons (Fsp3) is 0.385. The summed E-state index contributed by atoms with van der Waals surface area (Å²) in [4.78, 5) is 24.5. The average Bonchev–Trinajstić information content (AvgIpc) is 2.38. The van der Waals surface area contributed by atoms with Crippen LogP contribution in [0.25, 0.3) is 0 Å². The standard InChI is InChI=1S/C13H17NO5/c1-3-19-11(16)7-8-14(2)13(18)9-5-4-6-10(15)12(9)17/h4-6,15,17H,3,7-8H2,1-2H3. The van der Waals surface area contributed by atoms with Gasteiger partial charge in [-0.1, -0.05) is 6.07 Å². The molecular weight excluding hydrogens is 250 g/mol. The van der Waals surface area contributed by atoms with E-state index in [0.717, 1.165) is 0 Å². The molecule has 1 amide bonds. The fourth-order valence-electron chi connectivity index (χ4n) is 1.50. The molecular formula is C13H17NO5. The quantitative estimate of drug-likeness (QED) is 0.616. The van der Waals surface area contributed by atoms with Crippen molar-refractivity contribution in [2.24, 2.45) is 0 Å². The Bertz CT molecular complexity index is 472. The molecule has 0 saturated heterocycles. The highest BCUT2D eigenvalue weighted by atomic mass is 16.5. The first-order valence-electron chi connectivity index (χ1n) is 5.89. The maximum absolute atomic E-state index is 12.0. The lowest BCUT2D eigenvalue weighted by Gasteiger charge is -2.17. The zero-order chi connectivity index (χ0) is 14.4. The molecule has 0 atom stereocenters. The Morgan fingerprint density at radius 3 is 2.63 bits per heavy atom. The minimum absolute atomic E-state index is 0.00800. The highest BCUT2D eigenvalue weighted by Gasteiger charge is 2.18. The van der Waals surface area contributed by atoms with Crippen molar-refractivity contribution >= 4 is 11.9 Å². The van der Waals surface area contributed by atoms with Gasteiger partial charge in [0.2, 0.25) is 0 Å². The molecule has 0 fully saturated rings.